The van der Waals surface area contributed by atoms with Crippen LogP contribution < -0.4 is 5.32 Å². The number of benzene rings is 1. The Kier molecular flexibility index (Phi) is 4.85. The molecule has 0 saturated heterocycles. The van der Waals surface area contributed by atoms with Gasteiger partial charge in [-0.2, -0.15) is 0 Å². The fourth-order valence-corrected chi connectivity index (χ4v) is 1.40. The summed E-state index contributed by atoms with van der Waals surface area (Å²) in [5.41, 5.74) is 0.384. The summed E-state index contributed by atoms with van der Waals surface area (Å²) in [5, 5.41) is 12.4. The Balaban J connectivity index is 2.60. The van der Waals surface area contributed by atoms with Gasteiger partial charge in [-0.05, 0) is 30.5 Å². The summed E-state index contributed by atoms with van der Waals surface area (Å²) in [6.07, 6.45) is 0.853. The summed E-state index contributed by atoms with van der Waals surface area (Å²) in [4.78, 5) is 0. The lowest BCUT2D eigenvalue weighted by molar-refractivity contribution is 0.230. The smallest absolute Gasteiger partial charge is 0.146 e. The largest absolute Gasteiger partial charge is 0.396 e. The normalized spacial score (nSPS) is 12.5. The first-order chi connectivity index (χ1) is 7.17. The van der Waals surface area contributed by atoms with Crippen molar-refractivity contribution < 1.29 is 9.50 Å². The molecule has 0 fully saturated rings. The highest BCUT2D eigenvalue weighted by atomic mass is 35.5. The maximum atomic E-state index is 13.2. The highest BCUT2D eigenvalue weighted by molar-refractivity contribution is 6.30. The second-order valence-electron chi connectivity index (χ2n) is 3.46. The minimum absolute atomic E-state index is 0.103. The molecule has 0 aliphatic carbocycles. The lowest BCUT2D eigenvalue weighted by atomic mass is 10.1. The number of hydrogen-bond acceptors (Lipinski definition) is 2. The maximum Gasteiger partial charge on any atom is 0.146 e. The minimum Gasteiger partial charge on any atom is -0.396 e. The topological polar surface area (TPSA) is 32.3 Å². The molecular weight excluding hydrogens is 217 g/mol. The van der Waals surface area contributed by atoms with Gasteiger partial charge in [0.25, 0.3) is 0 Å². The van der Waals surface area contributed by atoms with E-state index >= 15 is 0 Å². The molecule has 4 heteroatoms. The van der Waals surface area contributed by atoms with E-state index in [1.807, 2.05) is 6.92 Å². The standard InChI is InChI=1S/C11H15ClFNO/c1-2-8(7-15)6-14-11-5-9(12)3-4-10(11)13/h3-5,8,14-15H,2,6-7H2,1H3. The first kappa shape index (κ1) is 12.3. The Morgan fingerprint density at radius 3 is 2.87 bits per heavy atom. The number of halogens is 2. The predicted molar refractivity (Wildman–Crippen MR) is 60.8 cm³/mol. The molecule has 1 atom stereocenters. The van der Waals surface area contributed by atoms with Crippen molar-refractivity contribution in [3.05, 3.63) is 29.0 Å². The van der Waals surface area contributed by atoms with Crippen molar-refractivity contribution in [2.45, 2.75) is 13.3 Å². The van der Waals surface area contributed by atoms with Gasteiger partial charge in [0.1, 0.15) is 5.82 Å². The number of nitrogens with one attached hydrogen (secondary N) is 1. The Morgan fingerprint density at radius 1 is 1.53 bits per heavy atom. The monoisotopic (exact) mass is 231 g/mol. The molecule has 0 amide bonds. The molecule has 0 heterocycles. The van der Waals surface area contributed by atoms with Crippen molar-refractivity contribution in [3.8, 4) is 0 Å². The van der Waals surface area contributed by atoms with Crippen LogP contribution in [0.25, 0.3) is 0 Å². The van der Waals surface area contributed by atoms with Crippen molar-refractivity contribution >= 4 is 17.3 Å². The van der Waals surface area contributed by atoms with Gasteiger partial charge in [0, 0.05) is 18.2 Å². The third-order valence-electron chi connectivity index (χ3n) is 2.35. The number of aliphatic hydroxyl groups is 1. The minimum atomic E-state index is -0.327. The molecule has 0 aliphatic heterocycles. The molecule has 1 aromatic carbocycles. The van der Waals surface area contributed by atoms with Gasteiger partial charge in [0.05, 0.1) is 5.69 Å². The Labute approximate surface area is 94.1 Å². The zero-order valence-corrected chi connectivity index (χ0v) is 9.39. The average molecular weight is 232 g/mol. The molecule has 0 spiro atoms. The van der Waals surface area contributed by atoms with Gasteiger partial charge in [-0.3, -0.25) is 0 Å². The Morgan fingerprint density at radius 2 is 2.27 bits per heavy atom. The molecule has 0 aliphatic rings. The zero-order chi connectivity index (χ0) is 11.3. The van der Waals surface area contributed by atoms with Crippen LogP contribution in [-0.2, 0) is 0 Å². The lowest BCUT2D eigenvalue weighted by Crippen LogP contribution is -2.17. The lowest BCUT2D eigenvalue weighted by Gasteiger charge is -2.14. The summed E-state index contributed by atoms with van der Waals surface area (Å²) < 4.78 is 13.2. The highest BCUT2D eigenvalue weighted by Gasteiger charge is 2.07. The van der Waals surface area contributed by atoms with Gasteiger partial charge in [-0.15, -0.1) is 0 Å². The average Bonchev–Trinajstić information content (AvgIpc) is 2.24. The van der Waals surface area contributed by atoms with Crippen LogP contribution in [0.15, 0.2) is 18.2 Å². The van der Waals surface area contributed by atoms with Crippen molar-refractivity contribution in [2.24, 2.45) is 5.92 Å². The third kappa shape index (κ3) is 3.68. The first-order valence-corrected chi connectivity index (χ1v) is 5.35. The van der Waals surface area contributed by atoms with E-state index < -0.39 is 0 Å². The highest BCUT2D eigenvalue weighted by Crippen LogP contribution is 2.19. The van der Waals surface area contributed by atoms with E-state index in [0.29, 0.717) is 17.3 Å². The molecule has 0 aromatic heterocycles. The summed E-state index contributed by atoms with van der Waals surface area (Å²) in [6.45, 7) is 2.63. The van der Waals surface area contributed by atoms with E-state index in [4.69, 9.17) is 16.7 Å². The third-order valence-corrected chi connectivity index (χ3v) is 2.58. The predicted octanol–water partition coefficient (Wildman–Crippen LogP) is 2.91. The van der Waals surface area contributed by atoms with Crippen molar-refractivity contribution in [2.75, 3.05) is 18.5 Å². The van der Waals surface area contributed by atoms with E-state index in [2.05, 4.69) is 5.32 Å². The van der Waals surface area contributed by atoms with Crippen LogP contribution in [0.5, 0.6) is 0 Å². The molecule has 1 unspecified atom stereocenters. The second-order valence-corrected chi connectivity index (χ2v) is 3.90. The van der Waals surface area contributed by atoms with Crippen LogP contribution >= 0.6 is 11.6 Å². The number of hydrogen-bond donors (Lipinski definition) is 2. The maximum absolute atomic E-state index is 13.2. The van der Waals surface area contributed by atoms with Crippen LogP contribution in [0.4, 0.5) is 10.1 Å². The summed E-state index contributed by atoms with van der Waals surface area (Å²) in [6, 6.07) is 4.37. The molecule has 1 aromatic rings. The SMILES string of the molecule is CCC(CO)CNc1cc(Cl)ccc1F. The van der Waals surface area contributed by atoms with Crippen LogP contribution in [0, 0.1) is 11.7 Å². The quantitative estimate of drug-likeness (QED) is 0.817. The molecule has 84 valence electrons. The first-order valence-electron chi connectivity index (χ1n) is 4.97. The van der Waals surface area contributed by atoms with E-state index in [-0.39, 0.29) is 18.3 Å². The number of rotatable bonds is 5. The van der Waals surface area contributed by atoms with Crippen molar-refractivity contribution in [3.63, 3.8) is 0 Å². The number of aliphatic hydroxyl groups excluding tert-OH is 1. The van der Waals surface area contributed by atoms with E-state index in [9.17, 15) is 4.39 Å². The van der Waals surface area contributed by atoms with Gasteiger partial charge in [-0.1, -0.05) is 18.5 Å². The van der Waals surface area contributed by atoms with Gasteiger partial charge in [0.2, 0.25) is 0 Å². The van der Waals surface area contributed by atoms with Crippen LogP contribution in [0.2, 0.25) is 5.02 Å². The molecule has 2 nitrogen and oxygen atoms in total. The van der Waals surface area contributed by atoms with E-state index in [1.165, 1.54) is 12.1 Å². The summed E-state index contributed by atoms with van der Waals surface area (Å²) in [5.74, 6) is -0.185. The fourth-order valence-electron chi connectivity index (χ4n) is 1.23. The second kappa shape index (κ2) is 5.93. The molecule has 1 rings (SSSR count). The molecule has 2 N–H and O–H groups in total. The van der Waals surface area contributed by atoms with Crippen molar-refractivity contribution in [1.29, 1.82) is 0 Å². The van der Waals surface area contributed by atoms with Gasteiger partial charge >= 0.3 is 0 Å². The molecule has 0 saturated carbocycles. The van der Waals surface area contributed by atoms with Crippen LogP contribution in [-0.4, -0.2) is 18.3 Å². The molecule has 0 bridgehead atoms. The fraction of sp³-hybridized carbons (Fsp3) is 0.455. The van der Waals surface area contributed by atoms with Gasteiger partial charge in [0.15, 0.2) is 0 Å². The Bertz CT molecular complexity index is 315. The van der Waals surface area contributed by atoms with Crippen molar-refractivity contribution in [1.82, 2.24) is 0 Å². The Hall–Kier alpha value is -0.800. The zero-order valence-electron chi connectivity index (χ0n) is 8.63. The molecular formula is C11H15ClFNO. The van der Waals surface area contributed by atoms with Crippen LogP contribution in [0.1, 0.15) is 13.3 Å². The van der Waals surface area contributed by atoms with Crippen LogP contribution in [0.3, 0.4) is 0 Å². The van der Waals surface area contributed by atoms with E-state index in [0.717, 1.165) is 6.42 Å². The molecule has 15 heavy (non-hydrogen) atoms. The summed E-state index contributed by atoms with van der Waals surface area (Å²) in [7, 11) is 0. The summed E-state index contributed by atoms with van der Waals surface area (Å²) >= 11 is 5.74. The van der Waals surface area contributed by atoms with E-state index in [1.54, 1.807) is 6.07 Å². The van der Waals surface area contributed by atoms with Gasteiger partial charge < -0.3 is 10.4 Å². The number of anilines is 1. The molecule has 0 radical (unpaired) electrons. The van der Waals surface area contributed by atoms with Gasteiger partial charge in [-0.25, -0.2) is 4.39 Å².